The zero-order chi connectivity index (χ0) is 11.3. The minimum Gasteiger partial charge on any atom is -0.309 e. The first-order chi connectivity index (χ1) is 7.19. The molecule has 0 aliphatic carbocycles. The molecule has 0 aliphatic rings. The number of nitrogens with one attached hydrogen (secondary N) is 1. The molecule has 86 valence electrons. The molecular formula is C11H21N3S. The predicted molar refractivity (Wildman–Crippen MR) is 65.1 cm³/mol. The summed E-state index contributed by atoms with van der Waals surface area (Å²) in [5.41, 5.74) is 1.08. The van der Waals surface area contributed by atoms with Crippen molar-refractivity contribution in [2.45, 2.75) is 46.6 Å². The maximum Gasteiger partial charge on any atom is 0.0772 e. The average molecular weight is 227 g/mol. The second-order valence-electron chi connectivity index (χ2n) is 4.08. The minimum atomic E-state index is 0.435. The molecule has 2 atom stereocenters. The summed E-state index contributed by atoms with van der Waals surface area (Å²) in [6.45, 7) is 9.73. The largest absolute Gasteiger partial charge is 0.309 e. The summed E-state index contributed by atoms with van der Waals surface area (Å²) in [6.07, 6.45) is 2.40. The number of nitrogens with zero attached hydrogens (tertiary/aromatic N) is 2. The van der Waals surface area contributed by atoms with Gasteiger partial charge in [-0.1, -0.05) is 31.7 Å². The molecule has 1 aromatic heterocycles. The third kappa shape index (κ3) is 3.54. The van der Waals surface area contributed by atoms with Crippen LogP contribution < -0.4 is 5.32 Å². The second kappa shape index (κ2) is 6.18. The molecule has 0 saturated heterocycles. The van der Waals surface area contributed by atoms with Crippen LogP contribution in [0.15, 0.2) is 0 Å². The first kappa shape index (κ1) is 12.6. The Balaban J connectivity index is 2.69. The molecule has 0 bridgehead atoms. The number of hydrogen-bond donors (Lipinski definition) is 1. The van der Waals surface area contributed by atoms with Crippen molar-refractivity contribution in [1.82, 2.24) is 14.9 Å². The lowest BCUT2D eigenvalue weighted by molar-refractivity contribution is 0.411. The van der Waals surface area contributed by atoms with Crippen molar-refractivity contribution >= 4 is 11.5 Å². The van der Waals surface area contributed by atoms with Crippen LogP contribution in [0.5, 0.6) is 0 Å². The van der Waals surface area contributed by atoms with E-state index in [2.05, 4.69) is 35.7 Å². The smallest absolute Gasteiger partial charge is 0.0772 e. The standard InChI is InChI=1S/C11H21N3S/c1-5-8(3)7-10(12-6-2)11-9(4)13-14-15-11/h8,10,12H,5-7H2,1-4H3. The Morgan fingerprint density at radius 3 is 2.60 bits per heavy atom. The van der Waals surface area contributed by atoms with Gasteiger partial charge in [-0.25, -0.2) is 0 Å². The van der Waals surface area contributed by atoms with E-state index < -0.39 is 0 Å². The van der Waals surface area contributed by atoms with Crippen LogP contribution in [0.1, 0.15) is 50.2 Å². The number of aromatic nitrogens is 2. The molecule has 15 heavy (non-hydrogen) atoms. The Morgan fingerprint density at radius 1 is 1.40 bits per heavy atom. The minimum absolute atomic E-state index is 0.435. The Hall–Kier alpha value is -0.480. The van der Waals surface area contributed by atoms with Gasteiger partial charge in [-0.05, 0) is 37.3 Å². The highest BCUT2D eigenvalue weighted by Gasteiger charge is 2.18. The first-order valence-electron chi connectivity index (χ1n) is 5.71. The van der Waals surface area contributed by atoms with E-state index in [4.69, 9.17) is 0 Å². The first-order valence-corrected chi connectivity index (χ1v) is 6.48. The zero-order valence-corrected chi connectivity index (χ0v) is 10.9. The lowest BCUT2D eigenvalue weighted by Gasteiger charge is -2.19. The van der Waals surface area contributed by atoms with Crippen LogP contribution in [0, 0.1) is 12.8 Å². The molecule has 1 heterocycles. The summed E-state index contributed by atoms with van der Waals surface area (Å²) in [5, 5.41) is 7.60. The molecule has 0 amide bonds. The SMILES string of the molecule is CCNC(CC(C)CC)c1snnc1C. The average Bonchev–Trinajstić information content (AvgIpc) is 2.63. The van der Waals surface area contributed by atoms with Gasteiger partial charge in [-0.3, -0.25) is 0 Å². The van der Waals surface area contributed by atoms with Gasteiger partial charge in [-0.15, -0.1) is 5.10 Å². The summed E-state index contributed by atoms with van der Waals surface area (Å²) in [4.78, 5) is 1.30. The van der Waals surface area contributed by atoms with Crippen molar-refractivity contribution in [2.24, 2.45) is 5.92 Å². The van der Waals surface area contributed by atoms with Crippen molar-refractivity contribution in [3.05, 3.63) is 10.6 Å². The predicted octanol–water partition coefficient (Wildman–Crippen LogP) is 2.93. The lowest BCUT2D eigenvalue weighted by atomic mass is 9.98. The van der Waals surface area contributed by atoms with Crippen LogP contribution in [-0.2, 0) is 0 Å². The summed E-state index contributed by atoms with van der Waals surface area (Å²) in [5.74, 6) is 0.746. The van der Waals surface area contributed by atoms with Gasteiger partial charge < -0.3 is 5.32 Å². The van der Waals surface area contributed by atoms with Gasteiger partial charge in [0.2, 0.25) is 0 Å². The van der Waals surface area contributed by atoms with Crippen molar-refractivity contribution < 1.29 is 0 Å². The van der Waals surface area contributed by atoms with Crippen LogP contribution >= 0.6 is 11.5 Å². The van der Waals surface area contributed by atoms with Crippen molar-refractivity contribution in [2.75, 3.05) is 6.54 Å². The van der Waals surface area contributed by atoms with Gasteiger partial charge in [0.05, 0.1) is 10.6 Å². The number of rotatable bonds is 6. The van der Waals surface area contributed by atoms with E-state index in [0.717, 1.165) is 18.2 Å². The maximum atomic E-state index is 4.08. The van der Waals surface area contributed by atoms with Gasteiger partial charge in [0.25, 0.3) is 0 Å². The normalized spacial score (nSPS) is 15.2. The topological polar surface area (TPSA) is 37.8 Å². The zero-order valence-electron chi connectivity index (χ0n) is 10.1. The fraction of sp³-hybridized carbons (Fsp3) is 0.818. The Kier molecular flexibility index (Phi) is 5.19. The summed E-state index contributed by atoms with van der Waals surface area (Å²) < 4.78 is 4.01. The van der Waals surface area contributed by atoms with E-state index in [1.54, 1.807) is 0 Å². The highest BCUT2D eigenvalue weighted by Crippen LogP contribution is 2.26. The molecule has 0 aromatic carbocycles. The fourth-order valence-corrected chi connectivity index (χ4v) is 2.39. The van der Waals surface area contributed by atoms with E-state index in [0.29, 0.717) is 6.04 Å². The molecule has 0 aliphatic heterocycles. The molecule has 2 unspecified atom stereocenters. The molecule has 0 spiro atoms. The maximum absolute atomic E-state index is 4.08. The van der Waals surface area contributed by atoms with E-state index in [1.807, 2.05) is 6.92 Å². The van der Waals surface area contributed by atoms with Crippen molar-refractivity contribution in [3.8, 4) is 0 Å². The third-order valence-electron chi connectivity index (χ3n) is 2.79. The molecule has 1 rings (SSSR count). The molecule has 3 nitrogen and oxygen atoms in total. The van der Waals surface area contributed by atoms with Gasteiger partial charge in [0.15, 0.2) is 0 Å². The van der Waals surface area contributed by atoms with E-state index in [9.17, 15) is 0 Å². The molecule has 1 aromatic rings. The van der Waals surface area contributed by atoms with Crippen molar-refractivity contribution in [1.29, 1.82) is 0 Å². The monoisotopic (exact) mass is 227 g/mol. The van der Waals surface area contributed by atoms with E-state index >= 15 is 0 Å². The van der Waals surface area contributed by atoms with Crippen LogP contribution in [0.25, 0.3) is 0 Å². The van der Waals surface area contributed by atoms with E-state index in [1.165, 1.54) is 29.3 Å². The molecular weight excluding hydrogens is 206 g/mol. The molecule has 4 heteroatoms. The number of hydrogen-bond acceptors (Lipinski definition) is 4. The third-order valence-corrected chi connectivity index (χ3v) is 3.73. The van der Waals surface area contributed by atoms with Crippen LogP contribution in [-0.4, -0.2) is 16.1 Å². The van der Waals surface area contributed by atoms with E-state index in [-0.39, 0.29) is 0 Å². The second-order valence-corrected chi connectivity index (χ2v) is 4.87. The molecule has 0 saturated carbocycles. The molecule has 1 N–H and O–H groups in total. The van der Waals surface area contributed by atoms with Crippen LogP contribution in [0.4, 0.5) is 0 Å². The van der Waals surface area contributed by atoms with Gasteiger partial charge in [0, 0.05) is 6.04 Å². The summed E-state index contributed by atoms with van der Waals surface area (Å²) in [7, 11) is 0. The summed E-state index contributed by atoms with van der Waals surface area (Å²) >= 11 is 1.53. The molecule has 0 fully saturated rings. The highest BCUT2D eigenvalue weighted by atomic mass is 32.1. The quantitative estimate of drug-likeness (QED) is 0.812. The Morgan fingerprint density at radius 2 is 2.13 bits per heavy atom. The van der Waals surface area contributed by atoms with Crippen LogP contribution in [0.2, 0.25) is 0 Å². The fourth-order valence-electron chi connectivity index (χ4n) is 1.66. The molecule has 0 radical (unpaired) electrons. The van der Waals surface area contributed by atoms with Crippen molar-refractivity contribution in [3.63, 3.8) is 0 Å². The van der Waals surface area contributed by atoms with Gasteiger partial charge >= 0.3 is 0 Å². The Labute approximate surface area is 96.5 Å². The lowest BCUT2D eigenvalue weighted by Crippen LogP contribution is -2.22. The van der Waals surface area contributed by atoms with Gasteiger partial charge in [-0.2, -0.15) is 0 Å². The highest BCUT2D eigenvalue weighted by molar-refractivity contribution is 7.05. The van der Waals surface area contributed by atoms with Gasteiger partial charge in [0.1, 0.15) is 0 Å². The summed E-state index contributed by atoms with van der Waals surface area (Å²) in [6, 6.07) is 0.435. The Bertz CT molecular complexity index is 285. The van der Waals surface area contributed by atoms with Crippen LogP contribution in [0.3, 0.4) is 0 Å². The number of aryl methyl sites for hydroxylation is 1.